The van der Waals surface area contributed by atoms with Crippen molar-refractivity contribution in [2.75, 3.05) is 5.32 Å². The number of hydrogen-bond donors (Lipinski definition) is 2. The summed E-state index contributed by atoms with van der Waals surface area (Å²) in [6.07, 6.45) is -0.113. The Morgan fingerprint density at radius 1 is 1.40 bits per heavy atom. The van der Waals surface area contributed by atoms with Gasteiger partial charge in [0.1, 0.15) is 11.6 Å². The van der Waals surface area contributed by atoms with E-state index in [9.17, 15) is 13.6 Å². The summed E-state index contributed by atoms with van der Waals surface area (Å²) in [5.41, 5.74) is 0.237. The Morgan fingerprint density at radius 2 is 1.93 bits per heavy atom. The summed E-state index contributed by atoms with van der Waals surface area (Å²) in [4.78, 5) is 10.3. The second-order valence-corrected chi connectivity index (χ2v) is 3.30. The maximum atomic E-state index is 12.7. The van der Waals surface area contributed by atoms with Crippen molar-refractivity contribution in [3.63, 3.8) is 0 Å². The molecule has 15 heavy (non-hydrogen) atoms. The highest BCUT2D eigenvalue weighted by Crippen LogP contribution is 2.14. The molecule has 0 saturated carbocycles. The maximum absolute atomic E-state index is 12.7. The van der Waals surface area contributed by atoms with Gasteiger partial charge in [-0.25, -0.2) is 8.78 Å². The molecular weight excluding hydrogens is 204 g/mol. The second kappa shape index (κ2) is 4.72. The van der Waals surface area contributed by atoms with Crippen LogP contribution in [0.2, 0.25) is 0 Å². The molecule has 0 fully saturated rings. The van der Waals surface area contributed by atoms with Gasteiger partial charge >= 0.3 is 5.97 Å². The van der Waals surface area contributed by atoms with Crippen LogP contribution in [0.15, 0.2) is 18.2 Å². The summed E-state index contributed by atoms with van der Waals surface area (Å²) in [5.74, 6) is -2.35. The summed E-state index contributed by atoms with van der Waals surface area (Å²) in [7, 11) is 0. The normalized spacial score (nSPS) is 12.2. The fraction of sp³-hybridized carbons (Fsp3) is 0.300. The second-order valence-electron chi connectivity index (χ2n) is 3.30. The Morgan fingerprint density at radius 3 is 2.40 bits per heavy atom. The van der Waals surface area contributed by atoms with Gasteiger partial charge in [-0.2, -0.15) is 0 Å². The molecule has 5 heteroatoms. The number of carbonyl (C=O) groups is 1. The minimum Gasteiger partial charge on any atom is -0.481 e. The predicted molar refractivity (Wildman–Crippen MR) is 51.7 cm³/mol. The lowest BCUT2D eigenvalue weighted by Crippen LogP contribution is -2.19. The van der Waals surface area contributed by atoms with Crippen LogP contribution in [-0.2, 0) is 4.79 Å². The molecule has 2 N–H and O–H groups in total. The summed E-state index contributed by atoms with van der Waals surface area (Å²) in [5, 5.41) is 11.2. The van der Waals surface area contributed by atoms with Crippen LogP contribution in [0.3, 0.4) is 0 Å². The van der Waals surface area contributed by atoms with Gasteiger partial charge in [-0.15, -0.1) is 0 Å². The van der Waals surface area contributed by atoms with Gasteiger partial charge in [0, 0.05) is 17.8 Å². The summed E-state index contributed by atoms with van der Waals surface area (Å²) in [6, 6.07) is 2.60. The van der Waals surface area contributed by atoms with Gasteiger partial charge in [-0.05, 0) is 19.1 Å². The first-order chi connectivity index (χ1) is 6.97. The number of carboxylic acids is 1. The van der Waals surface area contributed by atoms with E-state index in [1.165, 1.54) is 0 Å². The highest BCUT2D eigenvalue weighted by molar-refractivity contribution is 5.68. The molecule has 0 spiro atoms. The molecule has 0 saturated heterocycles. The van der Waals surface area contributed by atoms with E-state index in [2.05, 4.69) is 5.32 Å². The van der Waals surface area contributed by atoms with Gasteiger partial charge in [0.2, 0.25) is 0 Å². The molecule has 1 unspecified atom stereocenters. The third-order valence-electron chi connectivity index (χ3n) is 1.76. The molecule has 1 aromatic rings. The zero-order chi connectivity index (χ0) is 11.4. The van der Waals surface area contributed by atoms with Crippen LogP contribution in [-0.4, -0.2) is 17.1 Å². The molecule has 3 nitrogen and oxygen atoms in total. The van der Waals surface area contributed by atoms with Gasteiger partial charge < -0.3 is 10.4 Å². The van der Waals surface area contributed by atoms with Crippen molar-refractivity contribution in [1.82, 2.24) is 0 Å². The SMILES string of the molecule is CC(CC(=O)O)Nc1cc(F)cc(F)c1. The lowest BCUT2D eigenvalue weighted by atomic mass is 10.2. The molecule has 0 aliphatic rings. The maximum Gasteiger partial charge on any atom is 0.305 e. The average molecular weight is 215 g/mol. The van der Waals surface area contributed by atoms with Crippen LogP contribution in [0.4, 0.5) is 14.5 Å². The van der Waals surface area contributed by atoms with E-state index in [1.807, 2.05) is 0 Å². The average Bonchev–Trinajstić information content (AvgIpc) is 1.98. The molecular formula is C10H11F2NO2. The van der Waals surface area contributed by atoms with E-state index in [0.717, 1.165) is 18.2 Å². The summed E-state index contributed by atoms with van der Waals surface area (Å²) < 4.78 is 25.5. The van der Waals surface area contributed by atoms with Crippen LogP contribution >= 0.6 is 0 Å². The van der Waals surface area contributed by atoms with E-state index in [1.54, 1.807) is 6.92 Å². The quantitative estimate of drug-likeness (QED) is 0.809. The van der Waals surface area contributed by atoms with E-state index in [0.29, 0.717) is 0 Å². The third kappa shape index (κ3) is 3.93. The van der Waals surface area contributed by atoms with Gasteiger partial charge in [-0.3, -0.25) is 4.79 Å². The zero-order valence-corrected chi connectivity index (χ0v) is 8.13. The fourth-order valence-electron chi connectivity index (χ4n) is 1.23. The van der Waals surface area contributed by atoms with E-state index in [-0.39, 0.29) is 18.2 Å². The smallest absolute Gasteiger partial charge is 0.305 e. The molecule has 1 rings (SSSR count). The number of anilines is 1. The molecule has 0 heterocycles. The number of halogens is 2. The third-order valence-corrected chi connectivity index (χ3v) is 1.76. The Bertz CT molecular complexity index is 348. The van der Waals surface area contributed by atoms with Gasteiger partial charge in [0.15, 0.2) is 0 Å². The van der Waals surface area contributed by atoms with E-state index < -0.39 is 17.6 Å². The number of aliphatic carboxylic acids is 1. The minimum absolute atomic E-state index is 0.113. The monoisotopic (exact) mass is 215 g/mol. The number of hydrogen-bond acceptors (Lipinski definition) is 2. The molecule has 0 bridgehead atoms. The minimum atomic E-state index is -0.966. The van der Waals surface area contributed by atoms with Crippen LogP contribution in [0.1, 0.15) is 13.3 Å². The molecule has 0 aliphatic heterocycles. The molecule has 1 aromatic carbocycles. The Kier molecular flexibility index (Phi) is 3.60. The van der Waals surface area contributed by atoms with Crippen molar-refractivity contribution < 1.29 is 18.7 Å². The zero-order valence-electron chi connectivity index (χ0n) is 8.13. The van der Waals surface area contributed by atoms with Crippen molar-refractivity contribution in [3.05, 3.63) is 29.8 Å². The number of benzene rings is 1. The Balaban J connectivity index is 2.67. The first-order valence-electron chi connectivity index (χ1n) is 4.42. The topological polar surface area (TPSA) is 49.3 Å². The fourth-order valence-corrected chi connectivity index (χ4v) is 1.23. The van der Waals surface area contributed by atoms with Crippen molar-refractivity contribution in [2.24, 2.45) is 0 Å². The van der Waals surface area contributed by atoms with Crippen LogP contribution in [0.5, 0.6) is 0 Å². The molecule has 82 valence electrons. The molecule has 0 aromatic heterocycles. The number of carboxylic acid groups (broad SMARTS) is 1. The molecule has 0 aliphatic carbocycles. The molecule has 0 amide bonds. The lowest BCUT2D eigenvalue weighted by molar-refractivity contribution is -0.137. The standard InChI is InChI=1S/C10H11F2NO2/c1-6(2-10(14)15)13-9-4-7(11)3-8(12)5-9/h3-6,13H,2H2,1H3,(H,14,15). The van der Waals surface area contributed by atoms with E-state index >= 15 is 0 Å². The van der Waals surface area contributed by atoms with Crippen LogP contribution in [0.25, 0.3) is 0 Å². The summed E-state index contributed by atoms with van der Waals surface area (Å²) in [6.45, 7) is 1.62. The first kappa shape index (κ1) is 11.4. The van der Waals surface area contributed by atoms with Crippen molar-refractivity contribution in [2.45, 2.75) is 19.4 Å². The van der Waals surface area contributed by atoms with Gasteiger partial charge in [0.05, 0.1) is 6.42 Å². The van der Waals surface area contributed by atoms with Crippen molar-refractivity contribution >= 4 is 11.7 Å². The summed E-state index contributed by atoms with van der Waals surface area (Å²) >= 11 is 0. The largest absolute Gasteiger partial charge is 0.481 e. The first-order valence-corrected chi connectivity index (χ1v) is 4.42. The van der Waals surface area contributed by atoms with Crippen molar-refractivity contribution in [1.29, 1.82) is 0 Å². The molecule has 1 atom stereocenters. The highest BCUT2D eigenvalue weighted by atomic mass is 19.1. The van der Waals surface area contributed by atoms with Crippen LogP contribution in [0, 0.1) is 11.6 Å². The van der Waals surface area contributed by atoms with Gasteiger partial charge in [-0.1, -0.05) is 0 Å². The molecule has 0 radical (unpaired) electrons. The highest BCUT2D eigenvalue weighted by Gasteiger charge is 2.08. The van der Waals surface area contributed by atoms with E-state index in [4.69, 9.17) is 5.11 Å². The lowest BCUT2D eigenvalue weighted by Gasteiger charge is -2.12. The van der Waals surface area contributed by atoms with Gasteiger partial charge in [0.25, 0.3) is 0 Å². The number of rotatable bonds is 4. The van der Waals surface area contributed by atoms with Crippen molar-refractivity contribution in [3.8, 4) is 0 Å². The Labute approximate surface area is 85.7 Å². The Hall–Kier alpha value is -1.65. The number of nitrogens with one attached hydrogen (secondary N) is 1. The predicted octanol–water partition coefficient (Wildman–Crippen LogP) is 2.24. The van der Waals surface area contributed by atoms with Crippen LogP contribution < -0.4 is 5.32 Å².